The van der Waals surface area contributed by atoms with Crippen LogP contribution in [0.2, 0.25) is 5.02 Å². The lowest BCUT2D eigenvalue weighted by Gasteiger charge is -2.03. The number of rotatable bonds is 3. The van der Waals surface area contributed by atoms with E-state index in [0.717, 1.165) is 5.56 Å². The molecule has 19 heavy (non-hydrogen) atoms. The van der Waals surface area contributed by atoms with E-state index in [9.17, 15) is 9.59 Å². The number of ketones is 1. The van der Waals surface area contributed by atoms with Gasteiger partial charge in [0, 0.05) is 5.56 Å². The van der Waals surface area contributed by atoms with Crippen LogP contribution >= 0.6 is 11.6 Å². The molecule has 4 nitrogen and oxygen atoms in total. The van der Waals surface area contributed by atoms with Crippen molar-refractivity contribution in [2.75, 3.05) is 7.11 Å². The lowest BCUT2D eigenvalue weighted by molar-refractivity contribution is 0.0563. The molecule has 1 aromatic carbocycles. The molecule has 98 valence electrons. The first-order valence-electron chi connectivity index (χ1n) is 5.52. The summed E-state index contributed by atoms with van der Waals surface area (Å²) in [7, 11) is 1.24. The topological polar surface area (TPSA) is 56.5 Å². The smallest absolute Gasteiger partial charge is 0.373 e. The Balaban J connectivity index is 2.37. The number of aryl methyl sites for hydroxylation is 1. The SMILES string of the molecule is COC(=O)c1ccc(C(=O)c2cccc(C)c2Cl)o1. The summed E-state index contributed by atoms with van der Waals surface area (Å²) in [5.41, 5.74) is 1.14. The van der Waals surface area contributed by atoms with Crippen LogP contribution in [0.5, 0.6) is 0 Å². The maximum Gasteiger partial charge on any atom is 0.373 e. The number of methoxy groups -OCH3 is 1. The van der Waals surface area contributed by atoms with Gasteiger partial charge in [-0.15, -0.1) is 0 Å². The molecule has 0 unspecified atom stereocenters. The van der Waals surface area contributed by atoms with Crippen LogP contribution in [0, 0.1) is 6.92 Å². The Morgan fingerprint density at radius 3 is 2.53 bits per heavy atom. The van der Waals surface area contributed by atoms with Gasteiger partial charge < -0.3 is 9.15 Å². The van der Waals surface area contributed by atoms with Gasteiger partial charge in [0.1, 0.15) is 0 Å². The van der Waals surface area contributed by atoms with Gasteiger partial charge in [-0.25, -0.2) is 4.79 Å². The fourth-order valence-corrected chi connectivity index (χ4v) is 1.84. The molecule has 0 saturated heterocycles. The highest BCUT2D eigenvalue weighted by molar-refractivity contribution is 6.35. The second kappa shape index (κ2) is 5.28. The molecule has 1 heterocycles. The van der Waals surface area contributed by atoms with Crippen molar-refractivity contribution in [2.24, 2.45) is 0 Å². The number of hydrogen-bond donors (Lipinski definition) is 0. The zero-order chi connectivity index (χ0) is 14.0. The first-order chi connectivity index (χ1) is 9.04. The molecule has 2 rings (SSSR count). The van der Waals surface area contributed by atoms with Crippen LogP contribution in [0.4, 0.5) is 0 Å². The highest BCUT2D eigenvalue weighted by Crippen LogP contribution is 2.24. The number of halogens is 1. The standard InChI is InChI=1S/C14H11ClO4/c1-8-4-3-5-9(12(8)15)13(16)10-6-7-11(19-10)14(17)18-2/h3-7H,1-2H3. The van der Waals surface area contributed by atoms with E-state index in [1.54, 1.807) is 25.1 Å². The zero-order valence-electron chi connectivity index (χ0n) is 10.4. The highest BCUT2D eigenvalue weighted by atomic mass is 35.5. The lowest BCUT2D eigenvalue weighted by Crippen LogP contribution is -2.02. The lowest BCUT2D eigenvalue weighted by atomic mass is 10.1. The second-order valence-electron chi connectivity index (χ2n) is 3.92. The van der Waals surface area contributed by atoms with Crippen LogP contribution < -0.4 is 0 Å². The summed E-state index contributed by atoms with van der Waals surface area (Å²) in [6.07, 6.45) is 0. The molecular formula is C14H11ClO4. The third kappa shape index (κ3) is 2.53. The van der Waals surface area contributed by atoms with Crippen LogP contribution in [0.1, 0.15) is 32.2 Å². The maximum absolute atomic E-state index is 12.2. The number of esters is 1. The quantitative estimate of drug-likeness (QED) is 0.639. The van der Waals surface area contributed by atoms with Gasteiger partial charge in [-0.2, -0.15) is 0 Å². The van der Waals surface area contributed by atoms with Crippen molar-refractivity contribution >= 4 is 23.4 Å². The molecule has 0 N–H and O–H groups in total. The number of hydrogen-bond acceptors (Lipinski definition) is 4. The van der Waals surface area contributed by atoms with Gasteiger partial charge in [-0.3, -0.25) is 4.79 Å². The molecule has 2 aromatic rings. The van der Waals surface area contributed by atoms with E-state index in [0.29, 0.717) is 10.6 Å². The molecular weight excluding hydrogens is 268 g/mol. The third-order valence-corrected chi connectivity index (χ3v) is 3.15. The van der Waals surface area contributed by atoms with E-state index >= 15 is 0 Å². The van der Waals surface area contributed by atoms with Crippen molar-refractivity contribution in [1.82, 2.24) is 0 Å². The Morgan fingerprint density at radius 2 is 1.84 bits per heavy atom. The molecule has 5 heteroatoms. The molecule has 0 radical (unpaired) electrons. The molecule has 0 spiro atoms. The Bertz CT molecular complexity index is 643. The summed E-state index contributed by atoms with van der Waals surface area (Å²) in [4.78, 5) is 23.5. The Kier molecular flexibility index (Phi) is 3.71. The molecule has 0 bridgehead atoms. The number of furan rings is 1. The Morgan fingerprint density at radius 1 is 1.16 bits per heavy atom. The fourth-order valence-electron chi connectivity index (χ4n) is 1.63. The van der Waals surface area contributed by atoms with Crippen molar-refractivity contribution in [1.29, 1.82) is 0 Å². The second-order valence-corrected chi connectivity index (χ2v) is 4.30. The average molecular weight is 279 g/mol. The molecule has 0 amide bonds. The van der Waals surface area contributed by atoms with Gasteiger partial charge in [0.05, 0.1) is 12.1 Å². The zero-order valence-corrected chi connectivity index (χ0v) is 11.2. The molecule has 0 aliphatic heterocycles. The molecule has 0 aliphatic rings. The summed E-state index contributed by atoms with van der Waals surface area (Å²) in [5, 5.41) is 0.378. The molecule has 1 aromatic heterocycles. The van der Waals surface area contributed by atoms with E-state index < -0.39 is 5.97 Å². The summed E-state index contributed by atoms with van der Waals surface area (Å²) in [5.74, 6) is -0.972. The van der Waals surface area contributed by atoms with E-state index in [-0.39, 0.29) is 17.3 Å². The summed E-state index contributed by atoms with van der Waals surface area (Å²) < 4.78 is 9.67. The first kappa shape index (κ1) is 13.4. The average Bonchev–Trinajstić information content (AvgIpc) is 2.90. The van der Waals surface area contributed by atoms with E-state index in [4.69, 9.17) is 16.0 Å². The number of ether oxygens (including phenoxy) is 1. The normalized spacial score (nSPS) is 10.3. The minimum atomic E-state index is -0.630. The van der Waals surface area contributed by atoms with E-state index in [1.807, 2.05) is 0 Å². The minimum Gasteiger partial charge on any atom is -0.463 e. The Labute approximate surface area is 114 Å². The summed E-state index contributed by atoms with van der Waals surface area (Å²) in [6, 6.07) is 7.97. The van der Waals surface area contributed by atoms with Crippen LogP contribution in [0.15, 0.2) is 34.7 Å². The van der Waals surface area contributed by atoms with Gasteiger partial charge in [0.2, 0.25) is 11.5 Å². The first-order valence-corrected chi connectivity index (χ1v) is 5.90. The van der Waals surface area contributed by atoms with Crippen molar-refractivity contribution in [3.63, 3.8) is 0 Å². The molecule has 0 fully saturated rings. The van der Waals surface area contributed by atoms with Gasteiger partial charge in [-0.1, -0.05) is 23.7 Å². The monoisotopic (exact) mass is 278 g/mol. The van der Waals surface area contributed by atoms with Gasteiger partial charge >= 0.3 is 5.97 Å². The van der Waals surface area contributed by atoms with Crippen LogP contribution in [0.3, 0.4) is 0 Å². The van der Waals surface area contributed by atoms with Crippen LogP contribution in [-0.2, 0) is 4.74 Å². The van der Waals surface area contributed by atoms with Crippen LogP contribution in [0.25, 0.3) is 0 Å². The van der Waals surface area contributed by atoms with Crippen LogP contribution in [-0.4, -0.2) is 18.9 Å². The number of carbonyl (C=O) groups is 2. The summed E-state index contributed by atoms with van der Waals surface area (Å²) in [6.45, 7) is 1.81. The third-order valence-electron chi connectivity index (χ3n) is 2.65. The maximum atomic E-state index is 12.2. The summed E-state index contributed by atoms with van der Waals surface area (Å²) >= 11 is 6.08. The Hall–Kier alpha value is -2.07. The van der Waals surface area contributed by atoms with Gasteiger partial charge in [-0.05, 0) is 30.7 Å². The van der Waals surface area contributed by atoms with Crippen molar-refractivity contribution in [2.45, 2.75) is 6.92 Å². The van der Waals surface area contributed by atoms with Gasteiger partial charge in [0.15, 0.2) is 5.76 Å². The predicted molar refractivity (Wildman–Crippen MR) is 69.7 cm³/mol. The van der Waals surface area contributed by atoms with E-state index in [1.165, 1.54) is 19.2 Å². The number of benzene rings is 1. The van der Waals surface area contributed by atoms with Crippen molar-refractivity contribution in [3.05, 3.63) is 58.0 Å². The molecule has 0 aliphatic carbocycles. The van der Waals surface area contributed by atoms with Crippen molar-refractivity contribution in [3.8, 4) is 0 Å². The van der Waals surface area contributed by atoms with Crippen molar-refractivity contribution < 1.29 is 18.7 Å². The largest absolute Gasteiger partial charge is 0.463 e. The minimum absolute atomic E-state index is 0.0189. The number of carbonyl (C=O) groups excluding carboxylic acids is 2. The molecule has 0 saturated carbocycles. The van der Waals surface area contributed by atoms with Gasteiger partial charge in [0.25, 0.3) is 0 Å². The highest BCUT2D eigenvalue weighted by Gasteiger charge is 2.19. The predicted octanol–water partition coefficient (Wildman–Crippen LogP) is 3.26. The van der Waals surface area contributed by atoms with E-state index in [2.05, 4.69) is 4.74 Å². The fraction of sp³-hybridized carbons (Fsp3) is 0.143. The molecule has 0 atom stereocenters.